The fourth-order valence-electron chi connectivity index (χ4n) is 3.51. The molecule has 0 radical (unpaired) electrons. The number of rotatable bonds is 3. The number of hydrogen-bond acceptors (Lipinski definition) is 3. The van der Waals surface area contributed by atoms with Gasteiger partial charge in [0.25, 0.3) is 0 Å². The summed E-state index contributed by atoms with van der Waals surface area (Å²) >= 11 is 3.57. The summed E-state index contributed by atoms with van der Waals surface area (Å²) in [6, 6.07) is 14.4. The lowest BCUT2D eigenvalue weighted by Crippen LogP contribution is -2.33. The Kier molecular flexibility index (Phi) is 4.42. The van der Waals surface area contributed by atoms with Gasteiger partial charge in [-0.25, -0.2) is 4.98 Å². The molecule has 2 heterocycles. The van der Waals surface area contributed by atoms with Gasteiger partial charge in [-0.05, 0) is 71.1 Å². The third kappa shape index (κ3) is 3.26. The number of hydrogen-bond donors (Lipinski definition) is 0. The minimum absolute atomic E-state index is 0.668. The number of piperidine rings is 1. The Morgan fingerprint density at radius 3 is 2.96 bits per heavy atom. The van der Waals surface area contributed by atoms with E-state index >= 15 is 0 Å². The van der Waals surface area contributed by atoms with Crippen LogP contribution in [0.5, 0.6) is 0 Å². The molecule has 3 aromatic rings. The van der Waals surface area contributed by atoms with Crippen LogP contribution in [0.25, 0.3) is 22.6 Å². The van der Waals surface area contributed by atoms with Crippen LogP contribution in [-0.4, -0.2) is 23.0 Å². The molecular weight excluding hydrogens is 364 g/mol. The maximum absolute atomic E-state index is 5.94. The first-order valence-electron chi connectivity index (χ1n) is 8.56. The summed E-state index contributed by atoms with van der Waals surface area (Å²) in [5, 5.41) is 0. The van der Waals surface area contributed by atoms with Crippen LogP contribution in [-0.2, 0) is 6.54 Å². The zero-order valence-electron chi connectivity index (χ0n) is 13.8. The average molecular weight is 385 g/mol. The molecule has 0 spiro atoms. The zero-order valence-corrected chi connectivity index (χ0v) is 15.4. The molecule has 2 aromatic carbocycles. The molecule has 0 amide bonds. The molecule has 1 aliphatic rings. The second-order valence-electron chi connectivity index (χ2n) is 6.78. The molecule has 0 aliphatic carbocycles. The number of oxazole rings is 1. The Labute approximate surface area is 150 Å². The molecule has 0 saturated carbocycles. The molecular formula is C20H21BrN2O. The van der Waals surface area contributed by atoms with E-state index in [0.29, 0.717) is 5.89 Å². The van der Waals surface area contributed by atoms with Gasteiger partial charge in [0.2, 0.25) is 5.89 Å². The summed E-state index contributed by atoms with van der Waals surface area (Å²) in [4.78, 5) is 7.24. The van der Waals surface area contributed by atoms with Crippen molar-refractivity contribution in [3.8, 4) is 11.5 Å². The predicted octanol–water partition coefficient (Wildman–Crippen LogP) is 5.49. The number of aromatic nitrogens is 1. The average Bonchev–Trinajstić information content (AvgIpc) is 2.98. The van der Waals surface area contributed by atoms with Gasteiger partial charge in [-0.2, -0.15) is 0 Å². The van der Waals surface area contributed by atoms with Crippen LogP contribution in [0.1, 0.15) is 25.3 Å². The molecule has 0 N–H and O–H groups in total. The molecule has 1 atom stereocenters. The summed E-state index contributed by atoms with van der Waals surface area (Å²) < 4.78 is 6.94. The van der Waals surface area contributed by atoms with E-state index in [0.717, 1.165) is 33.6 Å². The molecule has 0 unspecified atom stereocenters. The first-order valence-corrected chi connectivity index (χ1v) is 9.35. The van der Waals surface area contributed by atoms with Crippen LogP contribution in [0.2, 0.25) is 0 Å². The molecule has 1 saturated heterocycles. The lowest BCUT2D eigenvalue weighted by Gasteiger charge is -2.30. The SMILES string of the molecule is C[C@@H]1CCCN(Cc2ccc3oc(-c4ccccc4Br)nc3c2)C1. The van der Waals surface area contributed by atoms with E-state index in [1.54, 1.807) is 0 Å². The van der Waals surface area contributed by atoms with Gasteiger partial charge in [-0.3, -0.25) is 4.90 Å². The highest BCUT2D eigenvalue weighted by Gasteiger charge is 2.17. The van der Waals surface area contributed by atoms with Crippen LogP contribution in [0, 0.1) is 5.92 Å². The fourth-order valence-corrected chi connectivity index (χ4v) is 3.96. The third-order valence-corrected chi connectivity index (χ3v) is 5.40. The zero-order chi connectivity index (χ0) is 16.5. The van der Waals surface area contributed by atoms with Gasteiger partial charge < -0.3 is 4.42 Å². The van der Waals surface area contributed by atoms with E-state index in [2.05, 4.69) is 39.9 Å². The highest BCUT2D eigenvalue weighted by Crippen LogP contribution is 2.30. The van der Waals surface area contributed by atoms with E-state index in [1.807, 2.05) is 30.3 Å². The van der Waals surface area contributed by atoms with Crippen molar-refractivity contribution in [3.05, 3.63) is 52.5 Å². The van der Waals surface area contributed by atoms with Crippen molar-refractivity contribution >= 4 is 27.0 Å². The largest absolute Gasteiger partial charge is 0.436 e. The lowest BCUT2D eigenvalue weighted by molar-refractivity contribution is 0.176. The number of nitrogens with zero attached hydrogens (tertiary/aromatic N) is 2. The molecule has 124 valence electrons. The highest BCUT2D eigenvalue weighted by molar-refractivity contribution is 9.10. The molecule has 24 heavy (non-hydrogen) atoms. The van der Waals surface area contributed by atoms with Gasteiger partial charge >= 0.3 is 0 Å². The molecule has 3 nitrogen and oxygen atoms in total. The van der Waals surface area contributed by atoms with Crippen molar-refractivity contribution < 1.29 is 4.42 Å². The van der Waals surface area contributed by atoms with Crippen molar-refractivity contribution in [3.63, 3.8) is 0 Å². The molecule has 1 aromatic heterocycles. The van der Waals surface area contributed by atoms with Crippen LogP contribution in [0.4, 0.5) is 0 Å². The van der Waals surface area contributed by atoms with Gasteiger partial charge in [0.1, 0.15) is 5.52 Å². The standard InChI is InChI=1S/C20H21BrN2O/c1-14-5-4-10-23(12-14)13-15-8-9-19-18(11-15)22-20(24-19)16-6-2-3-7-17(16)21/h2-3,6-9,11,14H,4-5,10,12-13H2,1H3/t14-/m1/s1. The van der Waals surface area contributed by atoms with E-state index in [9.17, 15) is 0 Å². The predicted molar refractivity (Wildman–Crippen MR) is 101 cm³/mol. The normalized spacial score (nSPS) is 19.0. The second-order valence-corrected chi connectivity index (χ2v) is 7.64. The third-order valence-electron chi connectivity index (χ3n) is 4.70. The van der Waals surface area contributed by atoms with E-state index in [4.69, 9.17) is 9.40 Å². The second kappa shape index (κ2) is 6.69. The van der Waals surface area contributed by atoms with Gasteiger partial charge in [-0.1, -0.05) is 25.1 Å². The Bertz CT molecular complexity index is 858. The van der Waals surface area contributed by atoms with E-state index in [-0.39, 0.29) is 0 Å². The molecule has 1 aliphatic heterocycles. The fraction of sp³-hybridized carbons (Fsp3) is 0.350. The summed E-state index contributed by atoms with van der Waals surface area (Å²) in [5.41, 5.74) is 4.07. The summed E-state index contributed by atoms with van der Waals surface area (Å²) in [6.45, 7) is 5.73. The smallest absolute Gasteiger partial charge is 0.228 e. The van der Waals surface area contributed by atoms with Crippen molar-refractivity contribution in [2.45, 2.75) is 26.3 Å². The van der Waals surface area contributed by atoms with E-state index in [1.165, 1.54) is 31.5 Å². The Balaban J connectivity index is 1.60. The van der Waals surface area contributed by atoms with Crippen molar-refractivity contribution in [1.82, 2.24) is 9.88 Å². The van der Waals surface area contributed by atoms with Crippen LogP contribution < -0.4 is 0 Å². The maximum Gasteiger partial charge on any atom is 0.228 e. The van der Waals surface area contributed by atoms with Gasteiger partial charge in [0, 0.05) is 17.6 Å². The van der Waals surface area contributed by atoms with Crippen LogP contribution >= 0.6 is 15.9 Å². The summed E-state index contributed by atoms with van der Waals surface area (Å²) in [6.07, 6.45) is 2.66. The Morgan fingerprint density at radius 1 is 1.25 bits per heavy atom. The topological polar surface area (TPSA) is 29.3 Å². The first-order chi connectivity index (χ1) is 11.7. The van der Waals surface area contributed by atoms with Gasteiger partial charge in [-0.15, -0.1) is 0 Å². The van der Waals surface area contributed by atoms with Crippen LogP contribution in [0.15, 0.2) is 51.4 Å². The van der Waals surface area contributed by atoms with Crippen LogP contribution in [0.3, 0.4) is 0 Å². The molecule has 4 rings (SSSR count). The minimum Gasteiger partial charge on any atom is -0.436 e. The van der Waals surface area contributed by atoms with Crippen molar-refractivity contribution in [2.24, 2.45) is 5.92 Å². The van der Waals surface area contributed by atoms with Gasteiger partial charge in [0.15, 0.2) is 5.58 Å². The number of benzene rings is 2. The maximum atomic E-state index is 5.94. The summed E-state index contributed by atoms with van der Waals surface area (Å²) in [7, 11) is 0. The number of likely N-dealkylation sites (tertiary alicyclic amines) is 1. The monoisotopic (exact) mass is 384 g/mol. The number of halogens is 1. The van der Waals surface area contributed by atoms with E-state index < -0.39 is 0 Å². The number of fused-ring (bicyclic) bond motifs is 1. The Hall–Kier alpha value is -1.65. The van der Waals surface area contributed by atoms with Crippen molar-refractivity contribution in [2.75, 3.05) is 13.1 Å². The quantitative estimate of drug-likeness (QED) is 0.597. The van der Waals surface area contributed by atoms with Gasteiger partial charge in [0.05, 0.1) is 5.56 Å². The molecule has 0 bridgehead atoms. The lowest BCUT2D eigenvalue weighted by atomic mass is 10.00. The minimum atomic E-state index is 0.668. The first kappa shape index (κ1) is 15.9. The molecule has 1 fully saturated rings. The summed E-state index contributed by atoms with van der Waals surface area (Å²) in [5.74, 6) is 1.47. The highest BCUT2D eigenvalue weighted by atomic mass is 79.9. The molecule has 4 heteroatoms. The Morgan fingerprint density at radius 2 is 2.12 bits per heavy atom. The van der Waals surface area contributed by atoms with Crippen molar-refractivity contribution in [1.29, 1.82) is 0 Å².